The van der Waals surface area contributed by atoms with Gasteiger partial charge in [-0.15, -0.1) is 0 Å². The lowest BCUT2D eigenvalue weighted by Crippen LogP contribution is -2.36. The molecule has 4 aromatic rings. The van der Waals surface area contributed by atoms with Gasteiger partial charge < -0.3 is 25.0 Å². The van der Waals surface area contributed by atoms with Gasteiger partial charge in [0.15, 0.2) is 0 Å². The third-order valence-corrected chi connectivity index (χ3v) is 6.74. The summed E-state index contributed by atoms with van der Waals surface area (Å²) in [6.07, 6.45) is 3.18. The van der Waals surface area contributed by atoms with Crippen LogP contribution in [0.3, 0.4) is 0 Å². The number of ether oxygens (including phenoxy) is 2. The van der Waals surface area contributed by atoms with E-state index in [9.17, 15) is 15.0 Å². The fourth-order valence-electron chi connectivity index (χ4n) is 4.69. The van der Waals surface area contributed by atoms with E-state index in [-0.39, 0.29) is 6.10 Å². The zero-order valence-corrected chi connectivity index (χ0v) is 21.1. The molecule has 0 spiro atoms. The first-order valence-corrected chi connectivity index (χ1v) is 12.7. The van der Waals surface area contributed by atoms with E-state index in [2.05, 4.69) is 16.4 Å². The Morgan fingerprint density at radius 1 is 1.08 bits per heavy atom. The number of fused-ring (bicyclic) bond motifs is 1. The summed E-state index contributed by atoms with van der Waals surface area (Å²) in [6.45, 7) is 3.09. The molecule has 2 heterocycles. The molecular weight excluding hydrogens is 480 g/mol. The zero-order valence-electron chi connectivity index (χ0n) is 21.1. The van der Waals surface area contributed by atoms with E-state index in [1.165, 1.54) is 0 Å². The minimum Gasteiger partial charge on any atom is -0.489 e. The number of aliphatic hydroxyl groups excluding tert-OH is 1. The maximum absolute atomic E-state index is 11.3. The molecule has 194 valence electrons. The van der Waals surface area contributed by atoms with Crippen LogP contribution in [-0.4, -0.2) is 40.5 Å². The third kappa shape index (κ3) is 6.02. The molecule has 3 aromatic carbocycles. The summed E-state index contributed by atoms with van der Waals surface area (Å²) in [6, 6.07) is 23.3. The number of benzene rings is 3. The first-order valence-electron chi connectivity index (χ1n) is 12.7. The Balaban J connectivity index is 1.28. The van der Waals surface area contributed by atoms with Crippen molar-refractivity contribution in [2.24, 2.45) is 0 Å². The second-order valence-corrected chi connectivity index (χ2v) is 9.51. The molecule has 2 atom stereocenters. The minimum atomic E-state index is -1.34. The van der Waals surface area contributed by atoms with E-state index in [0.29, 0.717) is 18.8 Å². The fourth-order valence-corrected chi connectivity index (χ4v) is 4.69. The second-order valence-electron chi connectivity index (χ2n) is 9.51. The Morgan fingerprint density at radius 2 is 1.84 bits per heavy atom. The number of nitrogens with zero attached hydrogens (tertiary/aromatic N) is 1. The maximum Gasteiger partial charge on any atom is 0.511 e. The summed E-state index contributed by atoms with van der Waals surface area (Å²) >= 11 is 0. The van der Waals surface area contributed by atoms with Crippen LogP contribution in [-0.2, 0) is 6.42 Å². The number of rotatable bonds is 8. The summed E-state index contributed by atoms with van der Waals surface area (Å²) < 4.78 is 11.3. The largest absolute Gasteiger partial charge is 0.511 e. The number of hydrogen-bond donors (Lipinski definition) is 3. The lowest BCUT2D eigenvalue weighted by atomic mass is 9.94. The molecule has 38 heavy (non-hydrogen) atoms. The normalized spacial score (nSPS) is 15.3. The first kappa shape index (κ1) is 25.4. The topological polar surface area (TPSA) is 101 Å². The fraction of sp³-hybridized carbons (Fsp3) is 0.226. The monoisotopic (exact) mass is 510 g/mol. The van der Waals surface area contributed by atoms with E-state index >= 15 is 0 Å². The number of nitrogens with one attached hydrogen (secondary N) is 1. The molecule has 3 N–H and O–H groups in total. The van der Waals surface area contributed by atoms with Gasteiger partial charge in [0, 0.05) is 36.6 Å². The molecular formula is C31H30N2O5. The van der Waals surface area contributed by atoms with E-state index < -0.39 is 12.3 Å². The van der Waals surface area contributed by atoms with Crippen molar-refractivity contribution in [1.29, 1.82) is 0 Å². The van der Waals surface area contributed by atoms with E-state index in [0.717, 1.165) is 57.5 Å². The van der Waals surface area contributed by atoms with Gasteiger partial charge in [0.25, 0.3) is 0 Å². The Bertz CT molecular complexity index is 1410. The van der Waals surface area contributed by atoms with E-state index in [1.807, 2.05) is 67.6 Å². The van der Waals surface area contributed by atoms with Gasteiger partial charge in [-0.1, -0.05) is 48.0 Å². The van der Waals surface area contributed by atoms with E-state index in [4.69, 9.17) is 9.47 Å². The maximum atomic E-state index is 11.3. The molecule has 5 rings (SSSR count). The summed E-state index contributed by atoms with van der Waals surface area (Å²) in [5.41, 5.74) is 6.65. The number of aromatic nitrogens is 1. The van der Waals surface area contributed by atoms with Crippen molar-refractivity contribution in [2.45, 2.75) is 32.0 Å². The average Bonchev–Trinajstić information content (AvgIpc) is 2.93. The number of aryl methyl sites for hydroxylation is 2. The number of carboxylic acid groups (broad SMARTS) is 1. The van der Waals surface area contributed by atoms with Crippen molar-refractivity contribution in [1.82, 2.24) is 10.3 Å². The number of pyridine rings is 1. The van der Waals surface area contributed by atoms with Crippen LogP contribution in [0.4, 0.5) is 4.79 Å². The van der Waals surface area contributed by atoms with Crippen molar-refractivity contribution < 1.29 is 24.5 Å². The predicted molar refractivity (Wildman–Crippen MR) is 146 cm³/mol. The summed E-state index contributed by atoms with van der Waals surface area (Å²) in [5, 5.41) is 22.8. The third-order valence-electron chi connectivity index (χ3n) is 6.74. The average molecular weight is 511 g/mol. The Kier molecular flexibility index (Phi) is 7.67. The van der Waals surface area contributed by atoms with Gasteiger partial charge in [-0.3, -0.25) is 4.98 Å². The van der Waals surface area contributed by atoms with Crippen LogP contribution >= 0.6 is 0 Å². The van der Waals surface area contributed by atoms with Crippen LogP contribution in [0, 0.1) is 6.92 Å². The molecule has 7 nitrogen and oxygen atoms in total. The van der Waals surface area contributed by atoms with Gasteiger partial charge in [-0.25, -0.2) is 4.79 Å². The number of hydrogen-bond acceptors (Lipinski definition) is 6. The molecule has 0 radical (unpaired) electrons. The molecule has 0 aliphatic carbocycles. The van der Waals surface area contributed by atoms with Crippen molar-refractivity contribution in [3.63, 3.8) is 0 Å². The van der Waals surface area contributed by atoms with Crippen molar-refractivity contribution in [3.05, 3.63) is 102 Å². The highest BCUT2D eigenvalue weighted by Crippen LogP contribution is 2.37. The number of carbonyl (C=O) groups is 1. The van der Waals surface area contributed by atoms with Crippen molar-refractivity contribution >= 4 is 6.16 Å². The summed E-state index contributed by atoms with van der Waals surface area (Å²) in [7, 11) is 0. The molecule has 0 amide bonds. The molecule has 0 saturated heterocycles. The molecule has 1 aromatic heterocycles. The van der Waals surface area contributed by atoms with Gasteiger partial charge >= 0.3 is 6.16 Å². The molecule has 1 aliphatic rings. The lowest BCUT2D eigenvalue weighted by molar-refractivity contribution is 0.144. The van der Waals surface area contributed by atoms with Crippen LogP contribution in [0.2, 0.25) is 0 Å². The van der Waals surface area contributed by atoms with Crippen LogP contribution < -0.4 is 14.8 Å². The SMILES string of the molecule is Cc1ccc(-c2cc(-c3ccc4c(c3)CC[C@H](CNC[C@H](O)c3cccnc3)O4)ccc2OC(=O)O)cc1. The first-order chi connectivity index (χ1) is 18.5. The van der Waals surface area contributed by atoms with Crippen LogP contribution in [0.25, 0.3) is 22.3 Å². The van der Waals surface area contributed by atoms with Crippen LogP contribution in [0.1, 0.15) is 29.2 Å². The van der Waals surface area contributed by atoms with Gasteiger partial charge in [-0.2, -0.15) is 0 Å². The summed E-state index contributed by atoms with van der Waals surface area (Å²) in [5.74, 6) is 1.17. The predicted octanol–water partition coefficient (Wildman–Crippen LogP) is 5.80. The molecule has 0 fully saturated rings. The van der Waals surface area contributed by atoms with Gasteiger partial charge in [0.1, 0.15) is 17.6 Å². The molecule has 0 bridgehead atoms. The van der Waals surface area contributed by atoms with Gasteiger partial charge in [-0.05, 0) is 72.4 Å². The van der Waals surface area contributed by atoms with Crippen molar-refractivity contribution in [3.8, 4) is 33.8 Å². The zero-order chi connectivity index (χ0) is 26.5. The Hall–Kier alpha value is -4.20. The Morgan fingerprint density at radius 3 is 2.61 bits per heavy atom. The van der Waals surface area contributed by atoms with Gasteiger partial charge in [0.05, 0.1) is 6.10 Å². The molecule has 0 saturated carbocycles. The molecule has 7 heteroatoms. The van der Waals surface area contributed by atoms with E-state index in [1.54, 1.807) is 18.5 Å². The second kappa shape index (κ2) is 11.5. The van der Waals surface area contributed by atoms with Crippen molar-refractivity contribution in [2.75, 3.05) is 13.1 Å². The van der Waals surface area contributed by atoms with Gasteiger partial charge in [0.2, 0.25) is 0 Å². The highest BCUT2D eigenvalue weighted by molar-refractivity contribution is 5.80. The standard InChI is InChI=1S/C31H30N2O5/c1-20-4-6-21(7-5-20)27-16-23(10-13-30(27)38-31(35)36)22-9-12-29-24(15-22)8-11-26(37-29)18-33-19-28(34)25-3-2-14-32-17-25/h2-7,9-10,12-17,26,28,33-34H,8,11,18-19H2,1H3,(H,35,36)/t26-,28+/m1/s1. The smallest absolute Gasteiger partial charge is 0.489 e. The minimum absolute atomic E-state index is 0.0232. The van der Waals surface area contributed by atoms with Crippen LogP contribution in [0.5, 0.6) is 11.5 Å². The lowest BCUT2D eigenvalue weighted by Gasteiger charge is -2.27. The quantitative estimate of drug-likeness (QED) is 0.203. The highest BCUT2D eigenvalue weighted by atomic mass is 16.7. The highest BCUT2D eigenvalue weighted by Gasteiger charge is 2.21. The number of aliphatic hydroxyl groups is 1. The molecule has 0 unspecified atom stereocenters. The summed E-state index contributed by atoms with van der Waals surface area (Å²) in [4.78, 5) is 15.3. The van der Waals surface area contributed by atoms with Crippen LogP contribution in [0.15, 0.2) is 85.2 Å². The molecule has 1 aliphatic heterocycles. The Labute approximate surface area is 221 Å².